The van der Waals surface area contributed by atoms with E-state index in [9.17, 15) is 44.4 Å². The van der Waals surface area contributed by atoms with Crippen LogP contribution in [-0.4, -0.2) is 110 Å². The first-order valence-electron chi connectivity index (χ1n) is 19.3. The summed E-state index contributed by atoms with van der Waals surface area (Å²) in [6.45, 7) is 11.8. The SMILES string of the molecule is CC(=O)O[C@@]12CO[C@H]1C[C@H](O)[C@@]1(C)C(=O)[C@H](O)C3=C(C)[C@@H](OC(=O)C(O)C(NC(=O)OC(C)(C)C)c4ccccc4)C[C@@](O)([C@@H](OC(=O)c4ccccc4)[C@@H]21)C3(C)C. The van der Waals surface area contributed by atoms with Crippen molar-refractivity contribution in [3.63, 3.8) is 0 Å². The van der Waals surface area contributed by atoms with E-state index in [0.29, 0.717) is 5.56 Å². The topological polar surface area (TPSA) is 224 Å². The van der Waals surface area contributed by atoms with Crippen LogP contribution in [0, 0.1) is 16.7 Å². The maximum atomic E-state index is 14.9. The predicted molar refractivity (Wildman–Crippen MR) is 204 cm³/mol. The van der Waals surface area contributed by atoms with Gasteiger partial charge >= 0.3 is 24.0 Å². The van der Waals surface area contributed by atoms with Crippen molar-refractivity contribution in [2.24, 2.45) is 16.7 Å². The van der Waals surface area contributed by atoms with Crippen LogP contribution in [-0.2, 0) is 38.1 Å². The fourth-order valence-electron chi connectivity index (χ4n) is 9.56. The minimum absolute atomic E-state index is 0.0637. The second-order valence-corrected chi connectivity index (χ2v) is 17.6. The fourth-order valence-corrected chi connectivity index (χ4v) is 9.56. The highest BCUT2D eigenvalue weighted by Crippen LogP contribution is 2.64. The first-order valence-corrected chi connectivity index (χ1v) is 19.3. The molecule has 1 amide bonds. The number of carbonyl (C=O) groups excluding carboxylic acids is 5. The van der Waals surface area contributed by atoms with Crippen molar-refractivity contribution < 1.29 is 68.1 Å². The summed E-state index contributed by atoms with van der Waals surface area (Å²) in [7, 11) is 0. The molecule has 0 aromatic heterocycles. The molecule has 3 fully saturated rings. The number of aliphatic hydroxyl groups is 4. The molecule has 314 valence electrons. The van der Waals surface area contributed by atoms with Gasteiger partial charge in [-0.3, -0.25) is 9.59 Å². The summed E-state index contributed by atoms with van der Waals surface area (Å²) in [4.78, 5) is 68.9. The third-order valence-corrected chi connectivity index (χ3v) is 12.6. The van der Waals surface area contributed by atoms with E-state index < -0.39 is 112 Å². The number of ketones is 1. The Hall–Kier alpha value is -4.67. The number of alkyl carbamates (subject to hydrolysis) is 1. The molecule has 3 aliphatic carbocycles. The summed E-state index contributed by atoms with van der Waals surface area (Å²) >= 11 is 0. The quantitative estimate of drug-likeness (QED) is 0.147. The molecule has 2 aromatic carbocycles. The van der Waals surface area contributed by atoms with Gasteiger partial charge in [-0.05, 0) is 63.5 Å². The molecule has 1 saturated heterocycles. The van der Waals surface area contributed by atoms with Gasteiger partial charge in [0.15, 0.2) is 17.5 Å². The van der Waals surface area contributed by atoms with Crippen molar-refractivity contribution in [3.8, 4) is 0 Å². The second-order valence-electron chi connectivity index (χ2n) is 17.6. The minimum Gasteiger partial charge on any atom is -0.456 e. The first-order chi connectivity index (χ1) is 27.0. The lowest BCUT2D eigenvalue weighted by Crippen LogP contribution is -2.81. The molecule has 15 heteroatoms. The number of ether oxygens (including phenoxy) is 5. The van der Waals surface area contributed by atoms with Gasteiger partial charge in [-0.25, -0.2) is 14.4 Å². The Balaban J connectivity index is 1.49. The molecule has 2 unspecified atom stereocenters. The van der Waals surface area contributed by atoms with Crippen molar-refractivity contribution in [3.05, 3.63) is 82.9 Å². The van der Waals surface area contributed by atoms with Crippen LogP contribution in [0.1, 0.15) is 90.2 Å². The standard InChI is InChI=1S/C43H53NO14/c1-22-26(55-37(51)32(48)30(24-15-11-9-12-16-24)44-38(52)58-39(3,4)5)20-43(53)35(56-36(50)25-17-13-10-14-18-25)33-41(8,34(49)31(47)29(22)40(43,6)7)27(46)19-28-42(33,21-54-28)57-23(2)45/h9-18,26-28,30-33,35,46-48,53H,19-21H2,1-8H3,(H,44,52)/t26-,27-,28-,30?,31+,32?,33+,35-,41+,42-,43+/m0/s1. The Morgan fingerprint density at radius 2 is 1.55 bits per heavy atom. The summed E-state index contributed by atoms with van der Waals surface area (Å²) in [5, 5.41) is 51.6. The van der Waals surface area contributed by atoms with Crippen LogP contribution in [0.15, 0.2) is 71.8 Å². The zero-order valence-electron chi connectivity index (χ0n) is 33.9. The van der Waals surface area contributed by atoms with Crippen molar-refractivity contribution in [2.45, 2.75) is 128 Å². The number of amides is 1. The molecular weight excluding hydrogens is 754 g/mol. The van der Waals surface area contributed by atoms with Crippen LogP contribution >= 0.6 is 0 Å². The second kappa shape index (κ2) is 15.2. The number of hydrogen-bond donors (Lipinski definition) is 5. The van der Waals surface area contributed by atoms with Crippen LogP contribution in [0.2, 0.25) is 0 Å². The molecule has 2 bridgehead atoms. The lowest BCUT2D eigenvalue weighted by atomic mass is 9.44. The number of hydrogen-bond acceptors (Lipinski definition) is 14. The van der Waals surface area contributed by atoms with Gasteiger partial charge in [-0.2, -0.15) is 0 Å². The smallest absolute Gasteiger partial charge is 0.408 e. The van der Waals surface area contributed by atoms with E-state index in [1.807, 2.05) is 0 Å². The van der Waals surface area contributed by atoms with Gasteiger partial charge in [-0.1, -0.05) is 62.4 Å². The zero-order valence-corrected chi connectivity index (χ0v) is 33.9. The van der Waals surface area contributed by atoms with Crippen LogP contribution < -0.4 is 5.32 Å². The first kappa shape index (κ1) is 42.9. The molecule has 58 heavy (non-hydrogen) atoms. The van der Waals surface area contributed by atoms with Gasteiger partial charge in [-0.15, -0.1) is 0 Å². The molecule has 1 heterocycles. The normalized spacial score (nSPS) is 33.7. The molecule has 2 saturated carbocycles. The van der Waals surface area contributed by atoms with E-state index in [1.165, 1.54) is 26.0 Å². The minimum atomic E-state index is -2.35. The van der Waals surface area contributed by atoms with E-state index in [2.05, 4.69) is 5.32 Å². The molecular formula is C43H53NO14. The van der Waals surface area contributed by atoms with Gasteiger partial charge in [0.1, 0.15) is 35.6 Å². The summed E-state index contributed by atoms with van der Waals surface area (Å²) in [5.74, 6) is -5.36. The number of benzene rings is 2. The summed E-state index contributed by atoms with van der Waals surface area (Å²) < 4.78 is 29.5. The van der Waals surface area contributed by atoms with E-state index in [0.717, 1.165) is 6.92 Å². The molecule has 2 aromatic rings. The molecule has 6 rings (SSSR count). The summed E-state index contributed by atoms with van der Waals surface area (Å²) in [6, 6.07) is 14.6. The highest BCUT2D eigenvalue weighted by molar-refractivity contribution is 5.94. The predicted octanol–water partition coefficient (Wildman–Crippen LogP) is 3.26. The Morgan fingerprint density at radius 1 is 0.948 bits per heavy atom. The lowest BCUT2D eigenvalue weighted by molar-refractivity contribution is -0.346. The molecule has 0 radical (unpaired) electrons. The maximum absolute atomic E-state index is 14.9. The number of aliphatic hydroxyl groups excluding tert-OH is 3. The average Bonchev–Trinajstić information content (AvgIpc) is 3.14. The van der Waals surface area contributed by atoms with Gasteiger partial charge < -0.3 is 49.4 Å². The molecule has 15 nitrogen and oxygen atoms in total. The number of nitrogens with one attached hydrogen (secondary N) is 1. The lowest BCUT2D eigenvalue weighted by Gasteiger charge is -2.67. The molecule has 1 aliphatic heterocycles. The van der Waals surface area contributed by atoms with Gasteiger partial charge in [0.25, 0.3) is 0 Å². The van der Waals surface area contributed by atoms with Crippen molar-refractivity contribution in [2.75, 3.05) is 6.61 Å². The molecule has 0 spiro atoms. The van der Waals surface area contributed by atoms with Gasteiger partial charge in [0.2, 0.25) is 0 Å². The third kappa shape index (κ3) is 7.10. The van der Waals surface area contributed by atoms with Crippen LogP contribution in [0.4, 0.5) is 4.79 Å². The van der Waals surface area contributed by atoms with Gasteiger partial charge in [0.05, 0.1) is 35.6 Å². The number of carbonyl (C=O) groups is 5. The number of fused-ring (bicyclic) bond motifs is 5. The highest BCUT2D eigenvalue weighted by atomic mass is 16.6. The van der Waals surface area contributed by atoms with E-state index in [-0.39, 0.29) is 29.7 Å². The Labute approximate surface area is 336 Å². The summed E-state index contributed by atoms with van der Waals surface area (Å²) in [6.07, 6.45) is -11.5. The summed E-state index contributed by atoms with van der Waals surface area (Å²) in [5.41, 5.74) is -8.14. The Kier molecular flexibility index (Phi) is 11.2. The van der Waals surface area contributed by atoms with E-state index in [4.69, 9.17) is 23.7 Å². The van der Waals surface area contributed by atoms with E-state index in [1.54, 1.807) is 83.1 Å². The van der Waals surface area contributed by atoms with Crippen LogP contribution in [0.5, 0.6) is 0 Å². The largest absolute Gasteiger partial charge is 0.456 e. The Bertz CT molecular complexity index is 1980. The van der Waals surface area contributed by atoms with Crippen LogP contribution in [0.3, 0.4) is 0 Å². The molecule has 5 N–H and O–H groups in total. The fraction of sp³-hybridized carbons (Fsp3) is 0.558. The number of Topliss-reactive ketones (excluding diaryl/α,β-unsaturated/α-hetero) is 1. The van der Waals surface area contributed by atoms with Crippen molar-refractivity contribution in [1.82, 2.24) is 5.32 Å². The maximum Gasteiger partial charge on any atom is 0.408 e. The molecule has 4 aliphatic rings. The third-order valence-electron chi connectivity index (χ3n) is 12.6. The van der Waals surface area contributed by atoms with Crippen molar-refractivity contribution in [1.29, 1.82) is 0 Å². The zero-order chi connectivity index (χ0) is 42.7. The highest BCUT2D eigenvalue weighted by Gasteiger charge is 2.78. The number of rotatable bonds is 8. The van der Waals surface area contributed by atoms with Crippen LogP contribution in [0.25, 0.3) is 0 Å². The average molecular weight is 808 g/mol. The van der Waals surface area contributed by atoms with E-state index >= 15 is 0 Å². The monoisotopic (exact) mass is 807 g/mol. The Morgan fingerprint density at radius 3 is 2.10 bits per heavy atom. The van der Waals surface area contributed by atoms with Gasteiger partial charge in [0, 0.05) is 25.2 Å². The number of esters is 3. The van der Waals surface area contributed by atoms with Crippen molar-refractivity contribution >= 4 is 29.8 Å². The molecule has 11 atom stereocenters.